The molecule has 0 fully saturated rings. The molecule has 2 heteroatoms. The van der Waals surface area contributed by atoms with Gasteiger partial charge in [0.05, 0.1) is 11.9 Å². The van der Waals surface area contributed by atoms with Gasteiger partial charge in [-0.25, -0.2) is 0 Å². The van der Waals surface area contributed by atoms with E-state index in [0.29, 0.717) is 0 Å². The summed E-state index contributed by atoms with van der Waals surface area (Å²) in [5.41, 5.74) is 1.93. The summed E-state index contributed by atoms with van der Waals surface area (Å²) in [4.78, 5) is 4.10. The molecule has 1 heterocycles. The first kappa shape index (κ1) is 7.80. The number of hydrogen-bond acceptors (Lipinski definition) is 2. The first-order valence-electron chi connectivity index (χ1n) is 4.07. The summed E-state index contributed by atoms with van der Waals surface area (Å²) >= 11 is 0. The van der Waals surface area contributed by atoms with Crippen molar-refractivity contribution in [3.8, 4) is 17.0 Å². The van der Waals surface area contributed by atoms with Crippen LogP contribution in [0.2, 0.25) is 0 Å². The van der Waals surface area contributed by atoms with E-state index in [1.165, 1.54) is 6.20 Å². The average Bonchev–Trinajstić information content (AvgIpc) is 2.20. The van der Waals surface area contributed by atoms with Crippen molar-refractivity contribution in [2.45, 2.75) is 0 Å². The molecule has 1 aromatic carbocycles. The van der Waals surface area contributed by atoms with Crippen LogP contribution in [0.5, 0.6) is 5.75 Å². The normalized spacial score (nSPS) is 9.85. The highest BCUT2D eigenvalue weighted by molar-refractivity contribution is 5.58. The Bertz CT molecular complexity index is 381. The topological polar surface area (TPSA) is 33.1 Å². The van der Waals surface area contributed by atoms with E-state index in [0.717, 1.165) is 11.3 Å². The van der Waals surface area contributed by atoms with Crippen LogP contribution in [0.1, 0.15) is 0 Å². The van der Waals surface area contributed by atoms with Crippen LogP contribution in [0.25, 0.3) is 11.3 Å². The highest BCUT2D eigenvalue weighted by Crippen LogP contribution is 2.17. The van der Waals surface area contributed by atoms with E-state index >= 15 is 0 Å². The Morgan fingerprint density at radius 1 is 0.923 bits per heavy atom. The van der Waals surface area contributed by atoms with Crippen LogP contribution >= 0.6 is 0 Å². The molecule has 0 aliphatic heterocycles. The van der Waals surface area contributed by atoms with Crippen molar-refractivity contribution in [2.24, 2.45) is 0 Å². The second-order valence-corrected chi connectivity index (χ2v) is 2.77. The molecule has 1 N–H and O–H groups in total. The Kier molecular flexibility index (Phi) is 1.96. The average molecular weight is 171 g/mol. The molecule has 0 unspecified atom stereocenters. The van der Waals surface area contributed by atoms with E-state index in [-0.39, 0.29) is 5.75 Å². The number of aromatic nitrogens is 1. The van der Waals surface area contributed by atoms with E-state index in [1.807, 2.05) is 30.3 Å². The Morgan fingerprint density at radius 2 is 1.69 bits per heavy atom. The molecular formula is C11H9NO. The molecule has 0 bridgehead atoms. The Morgan fingerprint density at radius 3 is 2.31 bits per heavy atom. The number of nitrogens with zero attached hydrogens (tertiary/aromatic N) is 1. The number of pyridine rings is 1. The Labute approximate surface area is 76.5 Å². The smallest absolute Gasteiger partial charge is 0.133 e. The molecule has 2 aromatic rings. The number of aromatic hydroxyl groups is 1. The van der Waals surface area contributed by atoms with Gasteiger partial charge in [-0.1, -0.05) is 30.3 Å². The molecule has 0 aliphatic carbocycles. The van der Waals surface area contributed by atoms with Crippen molar-refractivity contribution in [3.63, 3.8) is 0 Å². The molecule has 64 valence electrons. The van der Waals surface area contributed by atoms with Crippen LogP contribution in [0.15, 0.2) is 48.7 Å². The van der Waals surface area contributed by atoms with Gasteiger partial charge in [0.25, 0.3) is 0 Å². The fourth-order valence-corrected chi connectivity index (χ4v) is 1.17. The minimum atomic E-state index is 0.194. The SMILES string of the molecule is Oc1ccc(-c2ccccc2)nc1. The predicted octanol–water partition coefficient (Wildman–Crippen LogP) is 2.45. The number of hydrogen-bond donors (Lipinski definition) is 1. The summed E-state index contributed by atoms with van der Waals surface area (Å²) < 4.78 is 0. The maximum absolute atomic E-state index is 9.04. The zero-order valence-electron chi connectivity index (χ0n) is 7.01. The standard InChI is InChI=1S/C11H9NO/c13-10-6-7-11(12-8-10)9-4-2-1-3-5-9/h1-8,13H. The van der Waals surface area contributed by atoms with E-state index in [1.54, 1.807) is 12.1 Å². The lowest BCUT2D eigenvalue weighted by molar-refractivity contribution is 0.473. The van der Waals surface area contributed by atoms with Crippen molar-refractivity contribution in [2.75, 3.05) is 0 Å². The van der Waals surface area contributed by atoms with Crippen LogP contribution in [-0.4, -0.2) is 10.1 Å². The summed E-state index contributed by atoms with van der Waals surface area (Å²) in [5.74, 6) is 0.194. The highest BCUT2D eigenvalue weighted by atomic mass is 16.3. The summed E-state index contributed by atoms with van der Waals surface area (Å²) in [6, 6.07) is 13.3. The van der Waals surface area contributed by atoms with Gasteiger partial charge < -0.3 is 5.11 Å². The molecule has 0 saturated carbocycles. The van der Waals surface area contributed by atoms with Crippen molar-refractivity contribution in [3.05, 3.63) is 48.7 Å². The van der Waals surface area contributed by atoms with E-state index in [4.69, 9.17) is 5.11 Å². The van der Waals surface area contributed by atoms with Crippen molar-refractivity contribution >= 4 is 0 Å². The molecule has 0 aliphatic rings. The molecule has 1 aromatic heterocycles. The van der Waals surface area contributed by atoms with Gasteiger partial charge in [-0.3, -0.25) is 4.98 Å². The molecule has 0 spiro atoms. The van der Waals surface area contributed by atoms with Gasteiger partial charge in [0.2, 0.25) is 0 Å². The summed E-state index contributed by atoms with van der Waals surface area (Å²) in [7, 11) is 0. The minimum Gasteiger partial charge on any atom is -0.506 e. The van der Waals surface area contributed by atoms with Crippen molar-refractivity contribution in [1.82, 2.24) is 4.98 Å². The first-order chi connectivity index (χ1) is 6.36. The van der Waals surface area contributed by atoms with E-state index in [9.17, 15) is 0 Å². The van der Waals surface area contributed by atoms with Gasteiger partial charge >= 0.3 is 0 Å². The van der Waals surface area contributed by atoms with Gasteiger partial charge in [0, 0.05) is 5.56 Å². The zero-order valence-corrected chi connectivity index (χ0v) is 7.01. The molecular weight excluding hydrogens is 162 g/mol. The third-order valence-electron chi connectivity index (χ3n) is 1.82. The third kappa shape index (κ3) is 1.67. The van der Waals surface area contributed by atoms with Crippen LogP contribution < -0.4 is 0 Å². The second kappa shape index (κ2) is 3.27. The highest BCUT2D eigenvalue weighted by Gasteiger charge is 1.96. The molecule has 0 atom stereocenters. The second-order valence-electron chi connectivity index (χ2n) is 2.77. The molecule has 2 nitrogen and oxygen atoms in total. The Balaban J connectivity index is 2.42. The third-order valence-corrected chi connectivity index (χ3v) is 1.82. The van der Waals surface area contributed by atoms with Gasteiger partial charge in [0.1, 0.15) is 5.75 Å². The fraction of sp³-hybridized carbons (Fsp3) is 0. The van der Waals surface area contributed by atoms with Gasteiger partial charge in [-0.15, -0.1) is 0 Å². The lowest BCUT2D eigenvalue weighted by atomic mass is 10.1. The predicted molar refractivity (Wildman–Crippen MR) is 51.3 cm³/mol. The first-order valence-corrected chi connectivity index (χ1v) is 4.07. The number of benzene rings is 1. The lowest BCUT2D eigenvalue weighted by Crippen LogP contribution is -1.80. The maximum atomic E-state index is 9.04. The van der Waals surface area contributed by atoms with Gasteiger partial charge in [-0.05, 0) is 12.1 Å². The van der Waals surface area contributed by atoms with Crippen LogP contribution in [0, 0.1) is 0 Å². The quantitative estimate of drug-likeness (QED) is 0.714. The Hall–Kier alpha value is -1.83. The fourth-order valence-electron chi connectivity index (χ4n) is 1.17. The summed E-state index contributed by atoms with van der Waals surface area (Å²) in [6.45, 7) is 0. The zero-order chi connectivity index (χ0) is 9.10. The van der Waals surface area contributed by atoms with Crippen molar-refractivity contribution < 1.29 is 5.11 Å². The monoisotopic (exact) mass is 171 g/mol. The molecule has 0 radical (unpaired) electrons. The van der Waals surface area contributed by atoms with E-state index in [2.05, 4.69) is 4.98 Å². The minimum absolute atomic E-state index is 0.194. The van der Waals surface area contributed by atoms with Crippen LogP contribution in [-0.2, 0) is 0 Å². The number of rotatable bonds is 1. The molecule has 0 saturated heterocycles. The van der Waals surface area contributed by atoms with Crippen LogP contribution in [0.3, 0.4) is 0 Å². The molecule has 2 rings (SSSR count). The van der Waals surface area contributed by atoms with E-state index < -0.39 is 0 Å². The summed E-state index contributed by atoms with van der Waals surface area (Å²) in [5, 5.41) is 9.04. The van der Waals surface area contributed by atoms with Crippen molar-refractivity contribution in [1.29, 1.82) is 0 Å². The maximum Gasteiger partial charge on any atom is 0.133 e. The molecule has 13 heavy (non-hydrogen) atoms. The lowest BCUT2D eigenvalue weighted by Gasteiger charge is -1.99. The van der Waals surface area contributed by atoms with Crippen LogP contribution in [0.4, 0.5) is 0 Å². The summed E-state index contributed by atoms with van der Waals surface area (Å²) in [6.07, 6.45) is 1.45. The largest absolute Gasteiger partial charge is 0.506 e. The van der Waals surface area contributed by atoms with Gasteiger partial charge in [-0.2, -0.15) is 0 Å². The molecule has 0 amide bonds. The van der Waals surface area contributed by atoms with Gasteiger partial charge in [0.15, 0.2) is 0 Å².